The van der Waals surface area contributed by atoms with Gasteiger partial charge in [-0.15, -0.1) is 0 Å². The summed E-state index contributed by atoms with van der Waals surface area (Å²) in [4.78, 5) is 0. The third-order valence-corrected chi connectivity index (χ3v) is 9.03. The molecule has 0 N–H and O–H groups in total. The van der Waals surface area contributed by atoms with Gasteiger partial charge in [0.25, 0.3) is 0 Å². The fraction of sp³-hybridized carbons (Fsp3) is 0.0222. The van der Waals surface area contributed by atoms with E-state index in [9.17, 15) is 0 Å². The normalized spacial score (nSPS) is 11.6. The second-order valence-corrected chi connectivity index (χ2v) is 11.7. The van der Waals surface area contributed by atoms with Crippen molar-refractivity contribution in [2.45, 2.75) is 6.92 Å². The zero-order chi connectivity index (χ0) is 31.0. The Bertz CT molecular complexity index is 2410. The minimum atomic E-state index is 0.885. The van der Waals surface area contributed by atoms with Gasteiger partial charge in [-0.25, -0.2) is 0 Å². The van der Waals surface area contributed by atoms with Crippen LogP contribution in [0.1, 0.15) is 11.1 Å². The average molecular weight is 589 g/mol. The Morgan fingerprint density at radius 3 is 1.76 bits per heavy atom. The summed E-state index contributed by atoms with van der Waals surface area (Å²) in [6.45, 7) is 6.21. The Hall–Kier alpha value is -5.92. The minimum absolute atomic E-state index is 0.885. The van der Waals surface area contributed by atoms with E-state index in [1.54, 1.807) is 0 Å². The van der Waals surface area contributed by atoms with E-state index in [-0.39, 0.29) is 0 Å². The van der Waals surface area contributed by atoms with Crippen molar-refractivity contribution in [2.75, 3.05) is 0 Å². The molecule has 0 unspecified atom stereocenters. The van der Waals surface area contributed by atoms with Crippen LogP contribution in [0.3, 0.4) is 0 Å². The van der Waals surface area contributed by atoms with Crippen molar-refractivity contribution >= 4 is 38.8 Å². The molecular formula is C45H32O. The molecule has 7 aromatic carbocycles. The molecule has 0 spiro atoms. The quantitative estimate of drug-likeness (QED) is 0.176. The molecule has 0 atom stereocenters. The number of hydrogen-bond donors (Lipinski definition) is 0. The molecule has 0 bridgehead atoms. The molecule has 46 heavy (non-hydrogen) atoms. The minimum Gasteiger partial charge on any atom is -0.455 e. The highest BCUT2D eigenvalue weighted by atomic mass is 16.3. The highest BCUT2D eigenvalue weighted by molar-refractivity contribution is 6.14. The lowest BCUT2D eigenvalue weighted by Crippen LogP contribution is -1.96. The molecule has 1 nitrogen and oxygen atoms in total. The van der Waals surface area contributed by atoms with Gasteiger partial charge in [0.15, 0.2) is 0 Å². The van der Waals surface area contributed by atoms with E-state index < -0.39 is 0 Å². The molecule has 0 aliphatic heterocycles. The highest BCUT2D eigenvalue weighted by Gasteiger charge is 2.20. The van der Waals surface area contributed by atoms with Crippen LogP contribution in [0.2, 0.25) is 0 Å². The van der Waals surface area contributed by atoms with Crippen molar-refractivity contribution in [1.29, 1.82) is 0 Å². The fourth-order valence-electron chi connectivity index (χ4n) is 6.91. The summed E-state index contributed by atoms with van der Waals surface area (Å²) >= 11 is 0. The number of rotatable bonds is 6. The molecule has 0 saturated heterocycles. The summed E-state index contributed by atoms with van der Waals surface area (Å²) in [6.07, 6.45) is 6.09. The molecular weight excluding hydrogens is 556 g/mol. The lowest BCUT2D eigenvalue weighted by Gasteiger charge is -2.20. The summed E-state index contributed by atoms with van der Waals surface area (Å²) in [6, 6.07) is 51.8. The van der Waals surface area contributed by atoms with Gasteiger partial charge in [-0.2, -0.15) is 0 Å². The molecule has 218 valence electrons. The van der Waals surface area contributed by atoms with E-state index >= 15 is 0 Å². The van der Waals surface area contributed by atoms with Crippen LogP contribution in [0, 0.1) is 6.92 Å². The zero-order valence-electron chi connectivity index (χ0n) is 25.7. The maximum Gasteiger partial charge on any atom is 0.143 e. The van der Waals surface area contributed by atoms with E-state index in [1.807, 2.05) is 12.2 Å². The Labute approximate surface area is 269 Å². The highest BCUT2D eigenvalue weighted by Crippen LogP contribution is 2.45. The molecule has 8 aromatic rings. The third-order valence-electron chi connectivity index (χ3n) is 9.03. The van der Waals surface area contributed by atoms with Crippen molar-refractivity contribution in [3.05, 3.63) is 175 Å². The standard InChI is InChI=1S/C45H32O/c1-3-4-22-36-30(2)43(37-23-14-15-24-38(37)44(36)33-20-12-7-13-21-33)34-25-26-42-40(27-34)41-29-35(31-16-8-5-9-17-31)28-39(45(41)46-42)32-18-10-6-11-19-32/h3-29H,1H2,2H3/b22-4-. The van der Waals surface area contributed by atoms with E-state index in [0.717, 1.165) is 33.1 Å². The zero-order valence-corrected chi connectivity index (χ0v) is 25.7. The van der Waals surface area contributed by atoms with E-state index in [1.165, 1.54) is 55.3 Å². The van der Waals surface area contributed by atoms with Gasteiger partial charge in [0.2, 0.25) is 0 Å². The van der Waals surface area contributed by atoms with Gasteiger partial charge in [0, 0.05) is 16.3 Å². The number of fused-ring (bicyclic) bond motifs is 4. The summed E-state index contributed by atoms with van der Waals surface area (Å²) in [7, 11) is 0. The SMILES string of the molecule is C=C/C=C\c1c(C)c(-c2ccc3oc4c(-c5ccccc5)cc(-c5ccccc5)cc4c3c2)c2ccccc2c1-c1ccccc1. The lowest BCUT2D eigenvalue weighted by molar-refractivity contribution is 0.670. The van der Waals surface area contributed by atoms with Crippen LogP contribution < -0.4 is 0 Å². The summed E-state index contributed by atoms with van der Waals surface area (Å²) in [5.41, 5.74) is 13.7. The monoisotopic (exact) mass is 588 g/mol. The first-order valence-corrected chi connectivity index (χ1v) is 15.7. The number of benzene rings is 7. The van der Waals surface area contributed by atoms with Crippen molar-refractivity contribution in [2.24, 2.45) is 0 Å². The molecule has 0 aliphatic carbocycles. The van der Waals surface area contributed by atoms with Gasteiger partial charge in [-0.05, 0) is 92.0 Å². The van der Waals surface area contributed by atoms with Crippen LogP contribution in [0.15, 0.2) is 169 Å². The number of allylic oxidation sites excluding steroid dienone is 2. The topological polar surface area (TPSA) is 13.1 Å². The maximum absolute atomic E-state index is 6.67. The summed E-state index contributed by atoms with van der Waals surface area (Å²) < 4.78 is 6.67. The van der Waals surface area contributed by atoms with Crippen LogP contribution in [0.25, 0.3) is 83.3 Å². The summed E-state index contributed by atoms with van der Waals surface area (Å²) in [5, 5.41) is 4.69. The molecule has 8 rings (SSSR count). The van der Waals surface area contributed by atoms with Crippen molar-refractivity contribution in [1.82, 2.24) is 0 Å². The van der Waals surface area contributed by atoms with Gasteiger partial charge in [-0.1, -0.05) is 146 Å². The van der Waals surface area contributed by atoms with Crippen molar-refractivity contribution in [3.8, 4) is 44.5 Å². The fourth-order valence-corrected chi connectivity index (χ4v) is 6.91. The second-order valence-electron chi connectivity index (χ2n) is 11.7. The lowest BCUT2D eigenvalue weighted by atomic mass is 9.83. The van der Waals surface area contributed by atoms with Gasteiger partial charge >= 0.3 is 0 Å². The maximum atomic E-state index is 6.67. The first kappa shape index (κ1) is 27.6. The van der Waals surface area contributed by atoms with Crippen LogP contribution in [0.5, 0.6) is 0 Å². The van der Waals surface area contributed by atoms with Gasteiger partial charge in [0.05, 0.1) is 0 Å². The van der Waals surface area contributed by atoms with Gasteiger partial charge < -0.3 is 4.42 Å². The molecule has 1 heteroatoms. The molecule has 0 aliphatic rings. The number of hydrogen-bond acceptors (Lipinski definition) is 1. The molecule has 0 radical (unpaired) electrons. The van der Waals surface area contributed by atoms with Crippen LogP contribution in [0.4, 0.5) is 0 Å². The first-order chi connectivity index (χ1) is 22.7. The Morgan fingerprint density at radius 1 is 0.500 bits per heavy atom. The van der Waals surface area contributed by atoms with Gasteiger partial charge in [-0.3, -0.25) is 0 Å². The van der Waals surface area contributed by atoms with E-state index in [2.05, 4.69) is 165 Å². The predicted octanol–water partition coefficient (Wildman–Crippen LogP) is 12.9. The second kappa shape index (κ2) is 11.5. The summed E-state index contributed by atoms with van der Waals surface area (Å²) in [5.74, 6) is 0. The van der Waals surface area contributed by atoms with Crippen molar-refractivity contribution in [3.63, 3.8) is 0 Å². The largest absolute Gasteiger partial charge is 0.455 e. The Kier molecular flexibility index (Phi) is 6.93. The van der Waals surface area contributed by atoms with Crippen LogP contribution in [-0.2, 0) is 0 Å². The molecule has 1 aromatic heterocycles. The molecule has 0 fully saturated rings. The van der Waals surface area contributed by atoms with Crippen LogP contribution >= 0.6 is 0 Å². The van der Waals surface area contributed by atoms with Crippen molar-refractivity contribution < 1.29 is 4.42 Å². The predicted molar refractivity (Wildman–Crippen MR) is 197 cm³/mol. The van der Waals surface area contributed by atoms with E-state index in [4.69, 9.17) is 4.42 Å². The Morgan fingerprint density at radius 2 is 1.09 bits per heavy atom. The van der Waals surface area contributed by atoms with E-state index in [0.29, 0.717) is 0 Å². The van der Waals surface area contributed by atoms with Gasteiger partial charge in [0.1, 0.15) is 11.2 Å². The third kappa shape index (κ3) is 4.65. The average Bonchev–Trinajstić information content (AvgIpc) is 3.49. The number of furan rings is 1. The first-order valence-electron chi connectivity index (χ1n) is 15.7. The Balaban J connectivity index is 1.43. The molecule has 0 saturated carbocycles. The molecule has 1 heterocycles. The smallest absolute Gasteiger partial charge is 0.143 e. The van der Waals surface area contributed by atoms with Crippen LogP contribution in [-0.4, -0.2) is 0 Å². The molecule has 0 amide bonds.